The minimum Gasteiger partial charge on any atom is -0.320 e. The van der Waals surface area contributed by atoms with Gasteiger partial charge in [0.25, 0.3) is 0 Å². The summed E-state index contributed by atoms with van der Waals surface area (Å²) in [6.45, 7) is 4.09. The number of carbonyl (C=O) groups excluding carboxylic acids is 1. The molecule has 0 saturated carbocycles. The molecule has 100 valence electrons. The molecule has 0 fully saturated rings. The number of carbonyl (C=O) groups is 1. The van der Waals surface area contributed by atoms with Crippen molar-refractivity contribution in [3.8, 4) is 0 Å². The highest BCUT2D eigenvalue weighted by Gasteiger charge is 2.18. The molecule has 5 heteroatoms. The lowest BCUT2D eigenvalue weighted by Gasteiger charge is -2.24. The molecular formula is C14H17N3OS. The second-order valence-electron chi connectivity index (χ2n) is 4.40. The minimum absolute atomic E-state index is 0.0561. The molecule has 0 aliphatic carbocycles. The van der Waals surface area contributed by atoms with Crippen molar-refractivity contribution in [3.05, 3.63) is 46.4 Å². The number of nitrogens with one attached hydrogen (secondary N) is 1. The molecule has 2 aromatic rings. The van der Waals surface area contributed by atoms with E-state index in [1.807, 2.05) is 6.92 Å². The molecule has 19 heavy (non-hydrogen) atoms. The predicted molar refractivity (Wildman–Crippen MR) is 78.5 cm³/mol. The van der Waals surface area contributed by atoms with Gasteiger partial charge in [-0.2, -0.15) is 0 Å². The number of anilines is 1. The average Bonchev–Trinajstić information content (AvgIpc) is 2.85. The van der Waals surface area contributed by atoms with Crippen LogP contribution in [0.15, 0.2) is 36.7 Å². The van der Waals surface area contributed by atoms with Crippen LogP contribution in [-0.2, 0) is 0 Å². The topological polar surface area (TPSA) is 45.2 Å². The third-order valence-electron chi connectivity index (χ3n) is 3.01. The summed E-state index contributed by atoms with van der Waals surface area (Å²) in [5.74, 6) is 0. The summed E-state index contributed by atoms with van der Waals surface area (Å²) in [5.41, 5.74) is 0.751. The predicted octanol–water partition coefficient (Wildman–Crippen LogP) is 3.68. The van der Waals surface area contributed by atoms with Crippen LogP contribution in [-0.4, -0.2) is 23.0 Å². The van der Waals surface area contributed by atoms with Crippen LogP contribution in [0, 0.1) is 6.92 Å². The van der Waals surface area contributed by atoms with Crippen molar-refractivity contribution in [1.29, 1.82) is 0 Å². The van der Waals surface area contributed by atoms with E-state index in [0.717, 1.165) is 5.69 Å². The van der Waals surface area contributed by atoms with E-state index in [2.05, 4.69) is 29.4 Å². The zero-order chi connectivity index (χ0) is 13.8. The zero-order valence-electron chi connectivity index (χ0n) is 11.3. The van der Waals surface area contributed by atoms with Crippen molar-refractivity contribution >= 4 is 23.1 Å². The number of aryl methyl sites for hydroxylation is 1. The summed E-state index contributed by atoms with van der Waals surface area (Å²) in [7, 11) is 1.80. The minimum atomic E-state index is -0.121. The molecule has 2 rings (SSSR count). The Morgan fingerprint density at radius 1 is 1.32 bits per heavy atom. The Kier molecular flexibility index (Phi) is 4.16. The standard InChI is InChI=1S/C14H17N3OS/c1-10-4-5-13(19-10)11(2)17(3)14(18)16-12-6-8-15-9-7-12/h4-9,11H,1-3H3,(H,15,16,18)/t11-/m0/s1. The molecule has 0 aliphatic rings. The molecule has 0 radical (unpaired) electrons. The third-order valence-corrected chi connectivity index (χ3v) is 4.18. The number of amides is 2. The van der Waals surface area contributed by atoms with Gasteiger partial charge in [-0.15, -0.1) is 11.3 Å². The summed E-state index contributed by atoms with van der Waals surface area (Å²) in [5, 5.41) is 2.85. The van der Waals surface area contributed by atoms with Gasteiger partial charge in [0, 0.05) is 34.9 Å². The second-order valence-corrected chi connectivity index (χ2v) is 5.72. The van der Waals surface area contributed by atoms with E-state index in [0.29, 0.717) is 0 Å². The number of nitrogens with zero attached hydrogens (tertiary/aromatic N) is 2. The van der Waals surface area contributed by atoms with Crippen molar-refractivity contribution in [3.63, 3.8) is 0 Å². The van der Waals surface area contributed by atoms with Crippen molar-refractivity contribution in [2.45, 2.75) is 19.9 Å². The SMILES string of the molecule is Cc1ccc([C@H](C)N(C)C(=O)Nc2ccncc2)s1. The maximum atomic E-state index is 12.1. The van der Waals surface area contributed by atoms with Gasteiger partial charge in [-0.1, -0.05) is 0 Å². The number of aromatic nitrogens is 1. The summed E-state index contributed by atoms with van der Waals surface area (Å²) < 4.78 is 0. The molecular weight excluding hydrogens is 258 g/mol. The molecule has 1 atom stereocenters. The van der Waals surface area contributed by atoms with Crippen LogP contribution in [0.25, 0.3) is 0 Å². The average molecular weight is 275 g/mol. The number of hydrogen-bond donors (Lipinski definition) is 1. The van der Waals surface area contributed by atoms with Crippen LogP contribution in [0.3, 0.4) is 0 Å². The van der Waals surface area contributed by atoms with Crippen LogP contribution in [0.2, 0.25) is 0 Å². The van der Waals surface area contributed by atoms with Gasteiger partial charge < -0.3 is 10.2 Å². The van der Waals surface area contributed by atoms with Gasteiger partial charge in [0.1, 0.15) is 0 Å². The number of urea groups is 1. The molecule has 1 N–H and O–H groups in total. The quantitative estimate of drug-likeness (QED) is 0.928. The highest BCUT2D eigenvalue weighted by Crippen LogP contribution is 2.26. The third kappa shape index (κ3) is 3.32. The van der Waals surface area contributed by atoms with Crippen molar-refractivity contribution in [2.75, 3.05) is 12.4 Å². The molecule has 2 amide bonds. The molecule has 0 aliphatic heterocycles. The molecule has 0 spiro atoms. The first kappa shape index (κ1) is 13.5. The van der Waals surface area contributed by atoms with Crippen LogP contribution in [0.5, 0.6) is 0 Å². The van der Waals surface area contributed by atoms with E-state index < -0.39 is 0 Å². The smallest absolute Gasteiger partial charge is 0.320 e. The Labute approximate surface area is 117 Å². The lowest BCUT2D eigenvalue weighted by Crippen LogP contribution is -2.33. The van der Waals surface area contributed by atoms with Crippen LogP contribution in [0.1, 0.15) is 22.7 Å². The van der Waals surface area contributed by atoms with E-state index >= 15 is 0 Å². The van der Waals surface area contributed by atoms with Crippen molar-refractivity contribution < 1.29 is 4.79 Å². The first-order valence-electron chi connectivity index (χ1n) is 6.08. The highest BCUT2D eigenvalue weighted by atomic mass is 32.1. The van der Waals surface area contributed by atoms with E-state index in [-0.39, 0.29) is 12.1 Å². The Morgan fingerprint density at radius 3 is 2.58 bits per heavy atom. The number of hydrogen-bond acceptors (Lipinski definition) is 3. The van der Waals surface area contributed by atoms with Gasteiger partial charge in [-0.25, -0.2) is 4.79 Å². The van der Waals surface area contributed by atoms with Gasteiger partial charge in [-0.05, 0) is 38.1 Å². The molecule has 0 saturated heterocycles. The molecule has 0 unspecified atom stereocenters. The lowest BCUT2D eigenvalue weighted by atomic mass is 10.2. The van der Waals surface area contributed by atoms with Crippen molar-refractivity contribution in [2.24, 2.45) is 0 Å². The summed E-state index contributed by atoms with van der Waals surface area (Å²) in [6, 6.07) is 7.62. The number of pyridine rings is 1. The number of rotatable bonds is 3. The normalized spacial score (nSPS) is 11.9. The summed E-state index contributed by atoms with van der Waals surface area (Å²) in [6.07, 6.45) is 3.31. The molecule has 0 bridgehead atoms. The molecule has 0 aromatic carbocycles. The van der Waals surface area contributed by atoms with Gasteiger partial charge in [0.2, 0.25) is 0 Å². The lowest BCUT2D eigenvalue weighted by molar-refractivity contribution is 0.209. The molecule has 2 heterocycles. The summed E-state index contributed by atoms with van der Waals surface area (Å²) in [4.78, 5) is 20.2. The Balaban J connectivity index is 2.03. The fraction of sp³-hybridized carbons (Fsp3) is 0.286. The number of thiophene rings is 1. The van der Waals surface area contributed by atoms with Crippen LogP contribution in [0.4, 0.5) is 10.5 Å². The van der Waals surface area contributed by atoms with E-state index in [9.17, 15) is 4.79 Å². The monoisotopic (exact) mass is 275 g/mol. The first-order chi connectivity index (χ1) is 9.08. The fourth-order valence-corrected chi connectivity index (χ4v) is 2.66. The maximum Gasteiger partial charge on any atom is 0.322 e. The Morgan fingerprint density at radius 2 is 2.00 bits per heavy atom. The van der Waals surface area contributed by atoms with Crippen LogP contribution < -0.4 is 5.32 Å². The highest BCUT2D eigenvalue weighted by molar-refractivity contribution is 7.12. The fourth-order valence-electron chi connectivity index (χ4n) is 1.69. The van der Waals surface area contributed by atoms with E-state index in [1.54, 1.807) is 47.8 Å². The van der Waals surface area contributed by atoms with Gasteiger partial charge in [0.05, 0.1) is 6.04 Å². The maximum absolute atomic E-state index is 12.1. The second kappa shape index (κ2) is 5.84. The van der Waals surface area contributed by atoms with E-state index in [1.165, 1.54) is 9.75 Å². The summed E-state index contributed by atoms with van der Waals surface area (Å²) >= 11 is 1.72. The largest absolute Gasteiger partial charge is 0.322 e. The zero-order valence-corrected chi connectivity index (χ0v) is 12.1. The Hall–Kier alpha value is -1.88. The van der Waals surface area contributed by atoms with Crippen molar-refractivity contribution in [1.82, 2.24) is 9.88 Å². The molecule has 2 aromatic heterocycles. The first-order valence-corrected chi connectivity index (χ1v) is 6.90. The van der Waals surface area contributed by atoms with E-state index in [4.69, 9.17) is 0 Å². The van der Waals surface area contributed by atoms with Gasteiger partial charge in [-0.3, -0.25) is 4.98 Å². The van der Waals surface area contributed by atoms with Crippen LogP contribution >= 0.6 is 11.3 Å². The van der Waals surface area contributed by atoms with Gasteiger partial charge in [0.15, 0.2) is 0 Å². The molecule has 4 nitrogen and oxygen atoms in total. The van der Waals surface area contributed by atoms with Gasteiger partial charge >= 0.3 is 6.03 Å². The Bertz CT molecular complexity index is 553.